The highest BCUT2D eigenvalue weighted by atomic mass is 16.6. The van der Waals surface area contributed by atoms with Crippen LogP contribution < -0.4 is 0 Å². The van der Waals surface area contributed by atoms with E-state index in [1.807, 2.05) is 12.2 Å². The van der Waals surface area contributed by atoms with E-state index in [0.29, 0.717) is 0 Å². The van der Waals surface area contributed by atoms with Crippen LogP contribution in [0, 0.1) is 5.92 Å². The largest absolute Gasteiger partial charge is 0.393 e. The predicted molar refractivity (Wildman–Crippen MR) is 75.6 cm³/mol. The van der Waals surface area contributed by atoms with Crippen molar-refractivity contribution >= 4 is 11.9 Å². The quantitative estimate of drug-likeness (QED) is 0.258. The first-order valence-corrected chi connectivity index (χ1v) is 7.65. The standard InChI is InChI=1S/C16H26O3/c1-2-3-4-5-6-7-8-9-10-11-12-14-13-15(17)19-16(14)18/h11-12,14H,2-10,13H2,1H3/b12-11+/t14-/m1/s1. The van der Waals surface area contributed by atoms with Crippen LogP contribution in [0.4, 0.5) is 0 Å². The van der Waals surface area contributed by atoms with Crippen molar-refractivity contribution in [1.29, 1.82) is 0 Å². The van der Waals surface area contributed by atoms with Gasteiger partial charge in [0, 0.05) is 0 Å². The Morgan fingerprint density at radius 1 is 1.05 bits per heavy atom. The molecule has 0 radical (unpaired) electrons. The summed E-state index contributed by atoms with van der Waals surface area (Å²) in [6, 6.07) is 0. The molecule has 0 N–H and O–H groups in total. The van der Waals surface area contributed by atoms with Gasteiger partial charge in [0.05, 0.1) is 12.3 Å². The molecule has 1 aliphatic heterocycles. The second-order valence-corrected chi connectivity index (χ2v) is 5.30. The van der Waals surface area contributed by atoms with Crippen LogP contribution in [0.5, 0.6) is 0 Å². The minimum Gasteiger partial charge on any atom is -0.393 e. The molecule has 0 saturated carbocycles. The van der Waals surface area contributed by atoms with E-state index in [1.165, 1.54) is 51.4 Å². The Hall–Kier alpha value is -1.12. The average Bonchev–Trinajstić information content (AvgIpc) is 2.70. The highest BCUT2D eigenvalue weighted by molar-refractivity contribution is 5.95. The van der Waals surface area contributed by atoms with Gasteiger partial charge in [-0.2, -0.15) is 0 Å². The molecule has 0 aliphatic carbocycles. The summed E-state index contributed by atoms with van der Waals surface area (Å²) in [5.41, 5.74) is 0. The van der Waals surface area contributed by atoms with Crippen LogP contribution in [0.1, 0.15) is 71.1 Å². The summed E-state index contributed by atoms with van der Waals surface area (Å²) in [6.45, 7) is 2.24. The number of allylic oxidation sites excluding steroid dienone is 1. The molecule has 108 valence electrons. The molecule has 1 heterocycles. The number of hydrogen-bond donors (Lipinski definition) is 0. The van der Waals surface area contributed by atoms with E-state index >= 15 is 0 Å². The summed E-state index contributed by atoms with van der Waals surface area (Å²) >= 11 is 0. The van der Waals surface area contributed by atoms with Crippen LogP contribution in [0.3, 0.4) is 0 Å². The summed E-state index contributed by atoms with van der Waals surface area (Å²) in [5, 5.41) is 0. The lowest BCUT2D eigenvalue weighted by molar-refractivity contribution is -0.152. The fourth-order valence-electron chi connectivity index (χ4n) is 2.30. The second-order valence-electron chi connectivity index (χ2n) is 5.30. The van der Waals surface area contributed by atoms with Crippen molar-refractivity contribution in [2.45, 2.75) is 71.1 Å². The van der Waals surface area contributed by atoms with Gasteiger partial charge >= 0.3 is 11.9 Å². The van der Waals surface area contributed by atoms with Gasteiger partial charge in [0.2, 0.25) is 0 Å². The first-order valence-electron chi connectivity index (χ1n) is 7.65. The highest BCUT2D eigenvalue weighted by Gasteiger charge is 2.30. The van der Waals surface area contributed by atoms with Gasteiger partial charge in [-0.05, 0) is 12.8 Å². The van der Waals surface area contributed by atoms with Gasteiger partial charge in [-0.25, -0.2) is 0 Å². The van der Waals surface area contributed by atoms with Crippen LogP contribution in [-0.4, -0.2) is 11.9 Å². The number of carbonyl (C=O) groups is 2. The third-order valence-electron chi connectivity index (χ3n) is 3.50. The van der Waals surface area contributed by atoms with Gasteiger partial charge in [0.1, 0.15) is 0 Å². The van der Waals surface area contributed by atoms with Gasteiger partial charge in [-0.1, -0.05) is 64.0 Å². The maximum atomic E-state index is 11.2. The minimum atomic E-state index is -0.397. The Balaban J connectivity index is 1.93. The Morgan fingerprint density at radius 2 is 1.68 bits per heavy atom. The van der Waals surface area contributed by atoms with Crippen LogP contribution in [-0.2, 0) is 14.3 Å². The topological polar surface area (TPSA) is 43.4 Å². The van der Waals surface area contributed by atoms with Crippen LogP contribution in [0.25, 0.3) is 0 Å². The lowest BCUT2D eigenvalue weighted by Crippen LogP contribution is -2.03. The van der Waals surface area contributed by atoms with Crippen LogP contribution in [0.15, 0.2) is 12.2 Å². The molecule has 0 amide bonds. The molecule has 1 saturated heterocycles. The number of cyclic esters (lactones) is 2. The van der Waals surface area contributed by atoms with Gasteiger partial charge in [0.25, 0.3) is 0 Å². The maximum absolute atomic E-state index is 11.2. The van der Waals surface area contributed by atoms with E-state index < -0.39 is 11.9 Å². The lowest BCUT2D eigenvalue weighted by Gasteiger charge is -2.00. The van der Waals surface area contributed by atoms with Crippen molar-refractivity contribution < 1.29 is 14.3 Å². The SMILES string of the molecule is CCCCCCCCCC/C=C/[C@@H]1CC(=O)OC1=O. The van der Waals surface area contributed by atoms with Crippen molar-refractivity contribution in [1.82, 2.24) is 0 Å². The van der Waals surface area contributed by atoms with E-state index in [1.54, 1.807) is 0 Å². The second kappa shape index (κ2) is 9.76. The van der Waals surface area contributed by atoms with Crippen molar-refractivity contribution in [3.63, 3.8) is 0 Å². The molecule has 0 bridgehead atoms. The molecular formula is C16H26O3. The third kappa shape index (κ3) is 7.14. The van der Waals surface area contributed by atoms with E-state index in [9.17, 15) is 9.59 Å². The summed E-state index contributed by atoms with van der Waals surface area (Å²) < 4.78 is 4.49. The number of carbonyl (C=O) groups excluding carboxylic acids is 2. The number of esters is 2. The van der Waals surface area contributed by atoms with Gasteiger partial charge < -0.3 is 4.74 Å². The summed E-state index contributed by atoms with van der Waals surface area (Å²) in [6.07, 6.45) is 15.5. The van der Waals surface area contributed by atoms with E-state index in [-0.39, 0.29) is 12.3 Å². The Morgan fingerprint density at radius 3 is 2.26 bits per heavy atom. The summed E-state index contributed by atoms with van der Waals surface area (Å²) in [4.78, 5) is 22.1. The normalized spacial score (nSPS) is 19.3. The zero-order valence-electron chi connectivity index (χ0n) is 12.0. The van der Waals surface area contributed by atoms with Crippen molar-refractivity contribution in [2.75, 3.05) is 0 Å². The smallest absolute Gasteiger partial charge is 0.321 e. The Labute approximate surface area is 116 Å². The van der Waals surface area contributed by atoms with Crippen molar-refractivity contribution in [3.05, 3.63) is 12.2 Å². The lowest BCUT2D eigenvalue weighted by atomic mass is 10.0. The molecule has 3 heteroatoms. The molecule has 0 aromatic rings. The zero-order chi connectivity index (χ0) is 13.9. The fraction of sp³-hybridized carbons (Fsp3) is 0.750. The predicted octanol–water partition coefficient (Wildman–Crippen LogP) is 4.16. The molecular weight excluding hydrogens is 240 g/mol. The highest BCUT2D eigenvalue weighted by Crippen LogP contribution is 2.17. The zero-order valence-corrected chi connectivity index (χ0v) is 12.0. The number of rotatable bonds is 10. The summed E-state index contributed by atoms with van der Waals surface area (Å²) in [7, 11) is 0. The Bertz CT molecular complexity index is 307. The molecule has 1 rings (SSSR count). The average molecular weight is 266 g/mol. The first kappa shape index (κ1) is 15.9. The molecule has 1 fully saturated rings. The van der Waals surface area contributed by atoms with Crippen molar-refractivity contribution in [2.24, 2.45) is 5.92 Å². The monoisotopic (exact) mass is 266 g/mol. The van der Waals surface area contributed by atoms with E-state index in [4.69, 9.17) is 0 Å². The van der Waals surface area contributed by atoms with Gasteiger partial charge in [-0.3, -0.25) is 9.59 Å². The maximum Gasteiger partial charge on any atom is 0.321 e. The van der Waals surface area contributed by atoms with Gasteiger partial charge in [-0.15, -0.1) is 0 Å². The molecule has 1 aliphatic rings. The summed E-state index contributed by atoms with van der Waals surface area (Å²) in [5.74, 6) is -1.12. The molecule has 3 nitrogen and oxygen atoms in total. The van der Waals surface area contributed by atoms with E-state index in [0.717, 1.165) is 6.42 Å². The number of hydrogen-bond acceptors (Lipinski definition) is 3. The minimum absolute atomic E-state index is 0.215. The fourth-order valence-corrected chi connectivity index (χ4v) is 2.30. The first-order chi connectivity index (χ1) is 9.24. The molecule has 1 atom stereocenters. The number of unbranched alkanes of at least 4 members (excludes halogenated alkanes) is 8. The van der Waals surface area contributed by atoms with Crippen LogP contribution in [0.2, 0.25) is 0 Å². The third-order valence-corrected chi connectivity index (χ3v) is 3.50. The molecule has 0 aromatic carbocycles. The number of ether oxygens (including phenoxy) is 1. The molecule has 0 unspecified atom stereocenters. The molecule has 0 spiro atoms. The van der Waals surface area contributed by atoms with Crippen molar-refractivity contribution in [3.8, 4) is 0 Å². The van der Waals surface area contributed by atoms with Crippen LogP contribution >= 0.6 is 0 Å². The van der Waals surface area contributed by atoms with E-state index in [2.05, 4.69) is 11.7 Å². The Kier molecular flexibility index (Phi) is 8.19. The van der Waals surface area contributed by atoms with Gasteiger partial charge in [0.15, 0.2) is 0 Å². The molecule has 19 heavy (non-hydrogen) atoms. The molecule has 0 aromatic heterocycles.